The molecule has 2 unspecified atom stereocenters. The second-order valence-corrected chi connectivity index (χ2v) is 8.07. The molecule has 1 aromatic carbocycles. The Morgan fingerprint density at radius 2 is 1.61 bits per heavy atom. The minimum atomic E-state index is 0.768. The van der Waals surface area contributed by atoms with Gasteiger partial charge in [0.15, 0.2) is 0 Å². The number of likely N-dealkylation sites (tertiary alicyclic amines) is 1. The molecule has 2 aliphatic rings. The molecule has 2 atom stereocenters. The number of hydrogen-bond donors (Lipinski definition) is 0. The summed E-state index contributed by atoms with van der Waals surface area (Å²) in [6, 6.07) is 9.06. The SMILES string of the molecule is CC1CCCCCN(CCN2Cc3ccccc3CC(C)C2)C1. The van der Waals surface area contributed by atoms with Crippen LogP contribution in [0.3, 0.4) is 0 Å². The topological polar surface area (TPSA) is 6.48 Å². The molecule has 128 valence electrons. The normalized spacial score (nSPS) is 27.7. The maximum absolute atomic E-state index is 2.73. The maximum Gasteiger partial charge on any atom is 0.0237 e. The summed E-state index contributed by atoms with van der Waals surface area (Å²) >= 11 is 0. The molecule has 2 heterocycles. The van der Waals surface area contributed by atoms with Crippen LogP contribution in [-0.2, 0) is 13.0 Å². The van der Waals surface area contributed by atoms with Crippen molar-refractivity contribution in [1.82, 2.24) is 9.80 Å². The van der Waals surface area contributed by atoms with Gasteiger partial charge < -0.3 is 4.90 Å². The number of fused-ring (bicyclic) bond motifs is 1. The summed E-state index contributed by atoms with van der Waals surface area (Å²) < 4.78 is 0. The smallest absolute Gasteiger partial charge is 0.0237 e. The third kappa shape index (κ3) is 5.06. The number of rotatable bonds is 3. The van der Waals surface area contributed by atoms with Gasteiger partial charge in [0.25, 0.3) is 0 Å². The summed E-state index contributed by atoms with van der Waals surface area (Å²) in [6.45, 7) is 12.3. The molecular formula is C21H34N2. The van der Waals surface area contributed by atoms with Crippen LogP contribution in [-0.4, -0.2) is 42.5 Å². The van der Waals surface area contributed by atoms with Gasteiger partial charge in [-0.05, 0) is 48.8 Å². The zero-order valence-corrected chi connectivity index (χ0v) is 15.1. The third-order valence-corrected chi connectivity index (χ3v) is 5.62. The fourth-order valence-electron chi connectivity index (χ4n) is 4.38. The number of hydrogen-bond acceptors (Lipinski definition) is 2. The highest BCUT2D eigenvalue weighted by atomic mass is 15.2. The van der Waals surface area contributed by atoms with Crippen LogP contribution in [0.25, 0.3) is 0 Å². The molecule has 0 aromatic heterocycles. The lowest BCUT2D eigenvalue weighted by molar-refractivity contribution is 0.161. The van der Waals surface area contributed by atoms with E-state index in [1.54, 1.807) is 11.1 Å². The van der Waals surface area contributed by atoms with Gasteiger partial charge in [-0.2, -0.15) is 0 Å². The van der Waals surface area contributed by atoms with Crippen LogP contribution in [0, 0.1) is 11.8 Å². The van der Waals surface area contributed by atoms with Gasteiger partial charge in [0.2, 0.25) is 0 Å². The van der Waals surface area contributed by atoms with E-state index in [1.165, 1.54) is 64.8 Å². The monoisotopic (exact) mass is 314 g/mol. The van der Waals surface area contributed by atoms with E-state index in [2.05, 4.69) is 47.9 Å². The van der Waals surface area contributed by atoms with E-state index in [0.717, 1.165) is 18.4 Å². The Kier molecular flexibility index (Phi) is 6.13. The first-order valence-electron chi connectivity index (χ1n) is 9.72. The van der Waals surface area contributed by atoms with Crippen molar-refractivity contribution >= 4 is 0 Å². The first-order valence-corrected chi connectivity index (χ1v) is 9.72. The molecule has 23 heavy (non-hydrogen) atoms. The number of nitrogens with zero attached hydrogens (tertiary/aromatic N) is 2. The average Bonchev–Trinajstić information content (AvgIpc) is 2.66. The molecule has 0 saturated carbocycles. The lowest BCUT2D eigenvalue weighted by atomic mass is 9.99. The molecule has 3 rings (SSSR count). The average molecular weight is 315 g/mol. The van der Waals surface area contributed by atoms with Crippen molar-refractivity contribution in [1.29, 1.82) is 0 Å². The van der Waals surface area contributed by atoms with Gasteiger partial charge in [-0.3, -0.25) is 4.90 Å². The largest absolute Gasteiger partial charge is 0.302 e. The molecule has 0 bridgehead atoms. The van der Waals surface area contributed by atoms with E-state index in [0.29, 0.717) is 0 Å². The molecule has 0 N–H and O–H groups in total. The molecule has 1 saturated heterocycles. The highest BCUT2D eigenvalue weighted by molar-refractivity contribution is 5.28. The lowest BCUT2D eigenvalue weighted by Crippen LogP contribution is -2.39. The Morgan fingerprint density at radius 3 is 2.48 bits per heavy atom. The first kappa shape index (κ1) is 17.0. The Hall–Kier alpha value is -0.860. The van der Waals surface area contributed by atoms with Crippen LogP contribution < -0.4 is 0 Å². The molecule has 0 spiro atoms. The Morgan fingerprint density at radius 1 is 0.870 bits per heavy atom. The van der Waals surface area contributed by atoms with E-state index in [1.807, 2.05) is 0 Å². The second-order valence-electron chi connectivity index (χ2n) is 8.07. The quantitative estimate of drug-likeness (QED) is 0.825. The third-order valence-electron chi connectivity index (χ3n) is 5.62. The van der Waals surface area contributed by atoms with Crippen molar-refractivity contribution in [2.45, 2.75) is 52.5 Å². The summed E-state index contributed by atoms with van der Waals surface area (Å²) in [5.74, 6) is 1.64. The van der Waals surface area contributed by atoms with Crippen LogP contribution in [0.2, 0.25) is 0 Å². The summed E-state index contributed by atoms with van der Waals surface area (Å²) in [4.78, 5) is 5.42. The summed E-state index contributed by atoms with van der Waals surface area (Å²) in [7, 11) is 0. The van der Waals surface area contributed by atoms with Gasteiger partial charge in [-0.15, -0.1) is 0 Å². The second kappa shape index (κ2) is 8.30. The molecule has 1 aromatic rings. The Bertz CT molecular complexity index is 484. The van der Waals surface area contributed by atoms with Crippen LogP contribution in [0.15, 0.2) is 24.3 Å². The van der Waals surface area contributed by atoms with Crippen LogP contribution in [0.5, 0.6) is 0 Å². The van der Waals surface area contributed by atoms with Crippen molar-refractivity contribution < 1.29 is 0 Å². The van der Waals surface area contributed by atoms with Gasteiger partial charge in [-0.1, -0.05) is 51.0 Å². The summed E-state index contributed by atoms with van der Waals surface area (Å²) in [5.41, 5.74) is 3.13. The summed E-state index contributed by atoms with van der Waals surface area (Å²) in [5, 5.41) is 0. The Labute approximate surface area is 142 Å². The van der Waals surface area contributed by atoms with E-state index in [4.69, 9.17) is 0 Å². The Balaban J connectivity index is 1.56. The van der Waals surface area contributed by atoms with Crippen molar-refractivity contribution in [3.8, 4) is 0 Å². The van der Waals surface area contributed by atoms with E-state index in [-0.39, 0.29) is 0 Å². The van der Waals surface area contributed by atoms with Crippen molar-refractivity contribution in [2.24, 2.45) is 11.8 Å². The fraction of sp³-hybridized carbons (Fsp3) is 0.714. The van der Waals surface area contributed by atoms with Crippen molar-refractivity contribution in [3.05, 3.63) is 35.4 Å². The van der Waals surface area contributed by atoms with Gasteiger partial charge in [0.05, 0.1) is 0 Å². The predicted octanol–water partition coefficient (Wildman–Crippen LogP) is 4.19. The zero-order valence-electron chi connectivity index (χ0n) is 15.1. The molecule has 1 fully saturated rings. The summed E-state index contributed by atoms with van der Waals surface area (Å²) in [6.07, 6.45) is 6.92. The fourth-order valence-corrected chi connectivity index (χ4v) is 4.38. The maximum atomic E-state index is 2.73. The van der Waals surface area contributed by atoms with E-state index >= 15 is 0 Å². The molecule has 2 nitrogen and oxygen atoms in total. The molecule has 0 radical (unpaired) electrons. The number of benzene rings is 1. The lowest BCUT2D eigenvalue weighted by Gasteiger charge is -2.31. The predicted molar refractivity (Wildman–Crippen MR) is 98.7 cm³/mol. The van der Waals surface area contributed by atoms with Gasteiger partial charge in [0, 0.05) is 32.7 Å². The molecular weight excluding hydrogens is 280 g/mol. The van der Waals surface area contributed by atoms with Gasteiger partial charge in [0.1, 0.15) is 0 Å². The van der Waals surface area contributed by atoms with Crippen LogP contribution in [0.4, 0.5) is 0 Å². The molecule has 2 heteroatoms. The zero-order chi connectivity index (χ0) is 16.1. The molecule has 0 aliphatic carbocycles. The van der Waals surface area contributed by atoms with Gasteiger partial charge in [-0.25, -0.2) is 0 Å². The van der Waals surface area contributed by atoms with Gasteiger partial charge >= 0.3 is 0 Å². The molecule has 0 amide bonds. The minimum Gasteiger partial charge on any atom is -0.302 e. The minimum absolute atomic E-state index is 0.768. The first-order chi connectivity index (χ1) is 11.2. The highest BCUT2D eigenvalue weighted by Crippen LogP contribution is 2.22. The van der Waals surface area contributed by atoms with E-state index in [9.17, 15) is 0 Å². The molecule has 2 aliphatic heterocycles. The van der Waals surface area contributed by atoms with Crippen molar-refractivity contribution in [3.63, 3.8) is 0 Å². The van der Waals surface area contributed by atoms with E-state index < -0.39 is 0 Å². The van der Waals surface area contributed by atoms with Crippen LogP contribution in [0.1, 0.15) is 50.7 Å². The highest BCUT2D eigenvalue weighted by Gasteiger charge is 2.20. The standard InChI is InChI=1S/C21H34N2/c1-18-8-4-3-7-11-22(15-18)12-13-23-16-19(2)14-20-9-5-6-10-21(20)17-23/h5-6,9-10,18-19H,3-4,7-8,11-17H2,1-2H3. The van der Waals surface area contributed by atoms with Crippen molar-refractivity contribution in [2.75, 3.05) is 32.7 Å². The van der Waals surface area contributed by atoms with Crippen LogP contribution >= 0.6 is 0 Å².